The summed E-state index contributed by atoms with van der Waals surface area (Å²) in [4.78, 5) is 23.1. The first-order valence-corrected chi connectivity index (χ1v) is 11.0. The molecule has 2 aromatic heterocycles. The molecule has 3 aromatic carbocycles. The Bertz CT molecular complexity index is 1440. The van der Waals surface area contributed by atoms with Gasteiger partial charge in [-0.25, -0.2) is 9.97 Å². The summed E-state index contributed by atoms with van der Waals surface area (Å²) >= 11 is 0. The number of carbonyl (C=O) groups excluding carboxylic acids is 1. The lowest BCUT2D eigenvalue weighted by Gasteiger charge is -2.20. The highest BCUT2D eigenvalue weighted by Crippen LogP contribution is 2.27. The van der Waals surface area contributed by atoms with Crippen molar-refractivity contribution in [3.8, 4) is 17.0 Å². The Morgan fingerprint density at radius 1 is 0.971 bits per heavy atom. The highest BCUT2D eigenvalue weighted by molar-refractivity contribution is 6.07. The van der Waals surface area contributed by atoms with Gasteiger partial charge in [0.05, 0.1) is 23.9 Å². The van der Waals surface area contributed by atoms with Gasteiger partial charge in [-0.1, -0.05) is 60.7 Å². The van der Waals surface area contributed by atoms with Gasteiger partial charge in [-0.15, -0.1) is 0 Å². The third-order valence-corrected chi connectivity index (χ3v) is 5.87. The summed E-state index contributed by atoms with van der Waals surface area (Å²) in [5.74, 6) is 1.29. The van der Waals surface area contributed by atoms with Crippen LogP contribution in [0.2, 0.25) is 0 Å². The number of imidazole rings is 1. The zero-order chi connectivity index (χ0) is 23.5. The van der Waals surface area contributed by atoms with Crippen molar-refractivity contribution in [3.05, 3.63) is 114 Å². The molecule has 0 fully saturated rings. The van der Waals surface area contributed by atoms with E-state index in [4.69, 9.17) is 9.72 Å². The summed E-state index contributed by atoms with van der Waals surface area (Å²) in [5, 5.41) is 4.01. The fourth-order valence-corrected chi connectivity index (χ4v) is 4.08. The van der Waals surface area contributed by atoms with Gasteiger partial charge in [0.2, 0.25) is 0 Å². The van der Waals surface area contributed by atoms with Crippen molar-refractivity contribution in [2.24, 2.45) is 7.05 Å². The van der Waals surface area contributed by atoms with Gasteiger partial charge in [0, 0.05) is 30.4 Å². The van der Waals surface area contributed by atoms with E-state index in [9.17, 15) is 4.79 Å². The van der Waals surface area contributed by atoms with Gasteiger partial charge >= 0.3 is 0 Å². The molecule has 1 N–H and O–H groups in total. The van der Waals surface area contributed by atoms with Crippen LogP contribution >= 0.6 is 0 Å². The number of hydrogen-bond acceptors (Lipinski definition) is 4. The number of nitrogens with zero attached hydrogens (tertiary/aromatic N) is 3. The molecule has 34 heavy (non-hydrogen) atoms. The molecule has 0 saturated heterocycles. The molecule has 0 bridgehead atoms. The quantitative estimate of drug-likeness (QED) is 0.389. The monoisotopic (exact) mass is 448 g/mol. The average Bonchev–Trinajstić information content (AvgIpc) is 3.32. The van der Waals surface area contributed by atoms with Crippen molar-refractivity contribution in [2.45, 2.75) is 6.04 Å². The van der Waals surface area contributed by atoms with Gasteiger partial charge in [0.25, 0.3) is 5.91 Å². The first-order valence-electron chi connectivity index (χ1n) is 11.0. The van der Waals surface area contributed by atoms with Crippen LogP contribution in [0.4, 0.5) is 0 Å². The number of aryl methyl sites for hydroxylation is 1. The minimum absolute atomic E-state index is 0.195. The molecule has 0 aliphatic carbocycles. The van der Waals surface area contributed by atoms with E-state index >= 15 is 0 Å². The standard InChI is InChI=1S/C28H24N4O2/c1-32-17-16-29-27(32)26(20-12-14-21(34-2)15-13-20)31-28(33)23-18-25(19-8-4-3-5-9-19)30-24-11-7-6-10-22(23)24/h3-18,26H,1-2H3,(H,31,33). The smallest absolute Gasteiger partial charge is 0.252 e. The molecule has 0 spiro atoms. The van der Waals surface area contributed by atoms with E-state index in [1.807, 2.05) is 103 Å². The van der Waals surface area contributed by atoms with Crippen LogP contribution in [-0.4, -0.2) is 27.6 Å². The number of methoxy groups -OCH3 is 1. The van der Waals surface area contributed by atoms with E-state index in [0.29, 0.717) is 5.56 Å². The summed E-state index contributed by atoms with van der Waals surface area (Å²) in [6.45, 7) is 0. The van der Waals surface area contributed by atoms with E-state index < -0.39 is 6.04 Å². The second kappa shape index (κ2) is 9.19. The Hall–Kier alpha value is -4.45. The molecular weight excluding hydrogens is 424 g/mol. The third kappa shape index (κ3) is 4.13. The van der Waals surface area contributed by atoms with Crippen LogP contribution in [0.15, 0.2) is 97.3 Å². The first-order chi connectivity index (χ1) is 16.6. The van der Waals surface area contributed by atoms with Crippen molar-refractivity contribution in [1.29, 1.82) is 0 Å². The van der Waals surface area contributed by atoms with Gasteiger partial charge < -0.3 is 14.6 Å². The Kier molecular flexibility index (Phi) is 5.79. The summed E-state index contributed by atoms with van der Waals surface area (Å²) in [6.07, 6.45) is 3.60. The van der Waals surface area contributed by atoms with Gasteiger partial charge in [0.1, 0.15) is 17.6 Å². The van der Waals surface area contributed by atoms with Crippen molar-refractivity contribution < 1.29 is 9.53 Å². The van der Waals surface area contributed by atoms with Crippen LogP contribution in [0.5, 0.6) is 5.75 Å². The maximum Gasteiger partial charge on any atom is 0.252 e. The molecule has 0 saturated carbocycles. The maximum absolute atomic E-state index is 13.8. The molecule has 0 radical (unpaired) electrons. The minimum Gasteiger partial charge on any atom is -0.497 e. The van der Waals surface area contributed by atoms with Crippen LogP contribution in [0.3, 0.4) is 0 Å². The summed E-state index contributed by atoms with van der Waals surface area (Å²) in [7, 11) is 3.55. The van der Waals surface area contributed by atoms with Crippen molar-refractivity contribution >= 4 is 16.8 Å². The van der Waals surface area contributed by atoms with Gasteiger partial charge in [-0.2, -0.15) is 0 Å². The summed E-state index contributed by atoms with van der Waals surface area (Å²) < 4.78 is 7.21. The van der Waals surface area contributed by atoms with Crippen LogP contribution < -0.4 is 10.1 Å². The molecular formula is C28H24N4O2. The van der Waals surface area contributed by atoms with Crippen molar-refractivity contribution in [1.82, 2.24) is 19.9 Å². The number of hydrogen-bond donors (Lipinski definition) is 1. The molecule has 2 heterocycles. The third-order valence-electron chi connectivity index (χ3n) is 5.87. The molecule has 1 unspecified atom stereocenters. The number of amides is 1. The lowest BCUT2D eigenvalue weighted by atomic mass is 10.0. The first kappa shape index (κ1) is 21.4. The topological polar surface area (TPSA) is 69.0 Å². The number of carbonyl (C=O) groups is 1. The molecule has 1 amide bonds. The molecule has 6 nitrogen and oxygen atoms in total. The van der Waals surface area contributed by atoms with Crippen LogP contribution in [0, 0.1) is 0 Å². The zero-order valence-electron chi connectivity index (χ0n) is 19.0. The Labute approximate surface area is 197 Å². The molecule has 1 atom stereocenters. The second-order valence-electron chi connectivity index (χ2n) is 8.01. The van der Waals surface area contributed by atoms with Gasteiger partial charge in [-0.3, -0.25) is 4.79 Å². The number of para-hydroxylation sites is 1. The normalized spacial score (nSPS) is 11.8. The SMILES string of the molecule is COc1ccc(C(NC(=O)c2cc(-c3ccccc3)nc3ccccc23)c2nccn2C)cc1. The second-order valence-corrected chi connectivity index (χ2v) is 8.01. The fourth-order valence-electron chi connectivity index (χ4n) is 4.08. The predicted molar refractivity (Wildman–Crippen MR) is 133 cm³/mol. The van der Waals surface area contributed by atoms with E-state index in [0.717, 1.165) is 39.3 Å². The van der Waals surface area contributed by atoms with E-state index in [1.165, 1.54) is 0 Å². The number of benzene rings is 3. The number of rotatable bonds is 6. The maximum atomic E-state index is 13.8. The predicted octanol–water partition coefficient (Wildman–Crippen LogP) is 5.16. The largest absolute Gasteiger partial charge is 0.497 e. The van der Waals surface area contributed by atoms with E-state index in [-0.39, 0.29) is 5.91 Å². The van der Waals surface area contributed by atoms with Crippen molar-refractivity contribution in [2.75, 3.05) is 7.11 Å². The Morgan fingerprint density at radius 2 is 1.71 bits per heavy atom. The number of aromatic nitrogens is 3. The number of ether oxygens (including phenoxy) is 1. The lowest BCUT2D eigenvalue weighted by Crippen LogP contribution is -2.31. The van der Waals surface area contributed by atoms with E-state index in [2.05, 4.69) is 10.3 Å². The van der Waals surface area contributed by atoms with Crippen LogP contribution in [-0.2, 0) is 7.05 Å². The lowest BCUT2D eigenvalue weighted by molar-refractivity contribution is 0.0943. The number of nitrogens with one attached hydrogen (secondary N) is 1. The van der Waals surface area contributed by atoms with E-state index in [1.54, 1.807) is 13.3 Å². The minimum atomic E-state index is -0.439. The molecule has 168 valence electrons. The molecule has 0 aliphatic heterocycles. The fraction of sp³-hybridized carbons (Fsp3) is 0.107. The molecule has 5 rings (SSSR count). The van der Waals surface area contributed by atoms with Crippen LogP contribution in [0.25, 0.3) is 22.2 Å². The highest BCUT2D eigenvalue weighted by atomic mass is 16.5. The average molecular weight is 449 g/mol. The summed E-state index contributed by atoms with van der Waals surface area (Å²) in [6, 6.07) is 26.7. The Balaban J connectivity index is 1.58. The Morgan fingerprint density at radius 3 is 2.41 bits per heavy atom. The summed E-state index contributed by atoms with van der Waals surface area (Å²) in [5.41, 5.74) is 3.95. The van der Waals surface area contributed by atoms with Gasteiger partial charge in [-0.05, 0) is 29.8 Å². The molecule has 5 aromatic rings. The molecule has 0 aliphatic rings. The van der Waals surface area contributed by atoms with Crippen molar-refractivity contribution in [3.63, 3.8) is 0 Å². The van der Waals surface area contributed by atoms with Crippen LogP contribution in [0.1, 0.15) is 27.8 Å². The zero-order valence-corrected chi connectivity index (χ0v) is 19.0. The van der Waals surface area contributed by atoms with Gasteiger partial charge in [0.15, 0.2) is 0 Å². The molecule has 6 heteroatoms. The number of fused-ring (bicyclic) bond motifs is 1. The highest BCUT2D eigenvalue weighted by Gasteiger charge is 2.23. The number of pyridine rings is 1.